The summed E-state index contributed by atoms with van der Waals surface area (Å²) in [6, 6.07) is 7.29. The first-order chi connectivity index (χ1) is 10.9. The summed E-state index contributed by atoms with van der Waals surface area (Å²) in [4.78, 5) is 26.0. The SMILES string of the molecule is CC(C)OC(=O)c1cc(Oc2ccc([N+](=O)[O-])c(Br)c2)ccn1. The molecule has 0 saturated carbocycles. The summed E-state index contributed by atoms with van der Waals surface area (Å²) in [5, 5.41) is 10.8. The zero-order valence-electron chi connectivity index (χ0n) is 12.4. The smallest absolute Gasteiger partial charge is 0.357 e. The van der Waals surface area contributed by atoms with Crippen LogP contribution in [0.4, 0.5) is 5.69 Å². The van der Waals surface area contributed by atoms with Crippen molar-refractivity contribution >= 4 is 27.6 Å². The number of nitro groups is 1. The molecule has 0 radical (unpaired) electrons. The van der Waals surface area contributed by atoms with E-state index in [4.69, 9.17) is 9.47 Å². The average Bonchev–Trinajstić information content (AvgIpc) is 2.46. The van der Waals surface area contributed by atoms with E-state index in [-0.39, 0.29) is 17.5 Å². The van der Waals surface area contributed by atoms with E-state index in [0.717, 1.165) is 0 Å². The number of nitrogens with zero attached hydrogens (tertiary/aromatic N) is 2. The highest BCUT2D eigenvalue weighted by molar-refractivity contribution is 9.10. The summed E-state index contributed by atoms with van der Waals surface area (Å²) in [7, 11) is 0. The van der Waals surface area contributed by atoms with E-state index in [1.54, 1.807) is 19.9 Å². The number of benzene rings is 1. The largest absolute Gasteiger partial charge is 0.458 e. The predicted octanol–water partition coefficient (Wildman–Crippen LogP) is 4.11. The summed E-state index contributed by atoms with van der Waals surface area (Å²) < 4.78 is 11.0. The van der Waals surface area contributed by atoms with E-state index in [2.05, 4.69) is 20.9 Å². The molecule has 1 aromatic heterocycles. The Bertz CT molecular complexity index is 748. The lowest BCUT2D eigenvalue weighted by atomic mass is 10.3. The summed E-state index contributed by atoms with van der Waals surface area (Å²) in [6.07, 6.45) is 1.17. The topological polar surface area (TPSA) is 91.6 Å². The number of nitro benzene ring substituents is 1. The first kappa shape index (κ1) is 16.9. The van der Waals surface area contributed by atoms with Gasteiger partial charge in [0.2, 0.25) is 0 Å². The Hall–Kier alpha value is -2.48. The molecule has 2 aromatic rings. The third kappa shape index (κ3) is 4.49. The Kier molecular flexibility index (Phi) is 5.28. The van der Waals surface area contributed by atoms with Gasteiger partial charge in [0, 0.05) is 24.4 Å². The third-order valence-corrected chi connectivity index (χ3v) is 3.27. The molecular weight excluding hydrogens is 368 g/mol. The van der Waals surface area contributed by atoms with Crippen molar-refractivity contribution in [1.82, 2.24) is 4.98 Å². The van der Waals surface area contributed by atoms with Crippen molar-refractivity contribution in [3.05, 3.63) is 56.8 Å². The van der Waals surface area contributed by atoms with Gasteiger partial charge < -0.3 is 9.47 Å². The van der Waals surface area contributed by atoms with E-state index < -0.39 is 10.9 Å². The van der Waals surface area contributed by atoms with Gasteiger partial charge in [-0.1, -0.05) is 0 Å². The molecule has 120 valence electrons. The van der Waals surface area contributed by atoms with Gasteiger partial charge in [0.1, 0.15) is 11.5 Å². The van der Waals surface area contributed by atoms with E-state index >= 15 is 0 Å². The summed E-state index contributed by atoms with van der Waals surface area (Å²) >= 11 is 3.12. The van der Waals surface area contributed by atoms with Crippen molar-refractivity contribution in [1.29, 1.82) is 0 Å². The van der Waals surface area contributed by atoms with E-state index in [1.807, 2.05) is 0 Å². The molecule has 0 aliphatic rings. The maximum atomic E-state index is 11.8. The van der Waals surface area contributed by atoms with Gasteiger partial charge in [0.25, 0.3) is 5.69 Å². The number of halogens is 1. The fourth-order valence-corrected chi connectivity index (χ4v) is 2.20. The summed E-state index contributed by atoms with van der Waals surface area (Å²) in [6.45, 7) is 3.49. The molecule has 0 atom stereocenters. The van der Waals surface area contributed by atoms with Gasteiger partial charge in [-0.3, -0.25) is 10.1 Å². The van der Waals surface area contributed by atoms with Gasteiger partial charge in [-0.2, -0.15) is 0 Å². The number of carbonyl (C=O) groups is 1. The molecule has 0 aliphatic heterocycles. The van der Waals surface area contributed by atoms with Crippen LogP contribution >= 0.6 is 15.9 Å². The quantitative estimate of drug-likeness (QED) is 0.440. The lowest BCUT2D eigenvalue weighted by Gasteiger charge is -2.09. The molecule has 1 aromatic carbocycles. The van der Waals surface area contributed by atoms with Crippen LogP contribution in [-0.2, 0) is 4.74 Å². The minimum Gasteiger partial charge on any atom is -0.458 e. The highest BCUT2D eigenvalue weighted by atomic mass is 79.9. The monoisotopic (exact) mass is 380 g/mol. The molecule has 0 aliphatic carbocycles. The van der Waals surface area contributed by atoms with E-state index in [1.165, 1.54) is 30.5 Å². The molecule has 7 nitrogen and oxygen atoms in total. The maximum absolute atomic E-state index is 11.8. The predicted molar refractivity (Wildman–Crippen MR) is 85.7 cm³/mol. The van der Waals surface area contributed by atoms with Gasteiger partial charge in [-0.15, -0.1) is 0 Å². The standard InChI is InChI=1S/C15H13BrN2O5/c1-9(2)22-15(19)13-8-11(5-6-17-13)23-10-3-4-14(18(20)21)12(16)7-10/h3-9H,1-2H3. The minimum absolute atomic E-state index is 0.0618. The van der Waals surface area contributed by atoms with Crippen LogP contribution in [0.3, 0.4) is 0 Å². The van der Waals surface area contributed by atoms with Crippen LogP contribution in [0, 0.1) is 10.1 Å². The number of hydrogen-bond donors (Lipinski definition) is 0. The van der Waals surface area contributed by atoms with E-state index in [9.17, 15) is 14.9 Å². The van der Waals surface area contributed by atoms with E-state index in [0.29, 0.717) is 16.0 Å². The molecule has 0 unspecified atom stereocenters. The number of pyridine rings is 1. The minimum atomic E-state index is -0.546. The Morgan fingerprint density at radius 2 is 1.96 bits per heavy atom. The third-order valence-electron chi connectivity index (χ3n) is 2.63. The van der Waals surface area contributed by atoms with Crippen LogP contribution in [0.5, 0.6) is 11.5 Å². The van der Waals surface area contributed by atoms with Gasteiger partial charge in [-0.25, -0.2) is 9.78 Å². The second-order valence-corrected chi connectivity index (χ2v) is 5.66. The molecule has 1 heterocycles. The van der Waals surface area contributed by atoms with Crippen LogP contribution in [0.15, 0.2) is 41.0 Å². The zero-order chi connectivity index (χ0) is 17.0. The molecule has 0 amide bonds. The first-order valence-electron chi connectivity index (χ1n) is 6.65. The van der Waals surface area contributed by atoms with Gasteiger partial charge in [0.05, 0.1) is 15.5 Å². The Labute approximate surface area is 140 Å². The van der Waals surface area contributed by atoms with Crippen LogP contribution in [-0.4, -0.2) is 22.0 Å². The highest BCUT2D eigenvalue weighted by Gasteiger charge is 2.14. The molecule has 0 bridgehead atoms. The summed E-state index contributed by atoms with van der Waals surface area (Å²) in [5.74, 6) is 0.212. The maximum Gasteiger partial charge on any atom is 0.357 e. The first-order valence-corrected chi connectivity index (χ1v) is 7.45. The van der Waals surface area contributed by atoms with Crippen LogP contribution in [0.2, 0.25) is 0 Å². The second-order valence-electron chi connectivity index (χ2n) is 4.80. The van der Waals surface area contributed by atoms with Gasteiger partial charge in [0.15, 0.2) is 5.69 Å². The molecule has 0 N–H and O–H groups in total. The molecule has 8 heteroatoms. The van der Waals surface area contributed by atoms with Crippen molar-refractivity contribution in [2.24, 2.45) is 0 Å². The Morgan fingerprint density at radius 1 is 1.26 bits per heavy atom. The van der Waals surface area contributed by atoms with Gasteiger partial charge >= 0.3 is 5.97 Å². The molecule has 0 saturated heterocycles. The van der Waals surface area contributed by atoms with Crippen molar-refractivity contribution < 1.29 is 19.2 Å². The fraction of sp³-hybridized carbons (Fsp3) is 0.200. The lowest BCUT2D eigenvalue weighted by Crippen LogP contribution is -2.12. The number of carbonyl (C=O) groups excluding carboxylic acids is 1. The van der Waals surface area contributed by atoms with Crippen molar-refractivity contribution in [2.45, 2.75) is 20.0 Å². The number of aromatic nitrogens is 1. The van der Waals surface area contributed by atoms with Crippen LogP contribution in [0.25, 0.3) is 0 Å². The second kappa shape index (κ2) is 7.19. The Morgan fingerprint density at radius 3 is 2.57 bits per heavy atom. The normalized spacial score (nSPS) is 10.4. The van der Waals surface area contributed by atoms with Crippen molar-refractivity contribution in [2.75, 3.05) is 0 Å². The summed E-state index contributed by atoms with van der Waals surface area (Å²) in [5.41, 5.74) is 0.0606. The van der Waals surface area contributed by atoms with Crippen molar-refractivity contribution in [3.8, 4) is 11.5 Å². The molecule has 2 rings (SSSR count). The zero-order valence-corrected chi connectivity index (χ0v) is 13.9. The highest BCUT2D eigenvalue weighted by Crippen LogP contribution is 2.31. The Balaban J connectivity index is 2.19. The number of esters is 1. The molecular formula is C15H13BrN2O5. The molecule has 23 heavy (non-hydrogen) atoms. The fourth-order valence-electron chi connectivity index (χ4n) is 1.70. The van der Waals surface area contributed by atoms with Gasteiger partial charge in [-0.05, 0) is 41.9 Å². The lowest BCUT2D eigenvalue weighted by molar-refractivity contribution is -0.385. The molecule has 0 spiro atoms. The number of ether oxygens (including phenoxy) is 2. The van der Waals surface area contributed by atoms with Crippen LogP contribution in [0.1, 0.15) is 24.3 Å². The number of rotatable bonds is 5. The molecule has 0 fully saturated rings. The average molecular weight is 381 g/mol. The number of hydrogen-bond acceptors (Lipinski definition) is 6. The van der Waals surface area contributed by atoms with Crippen LogP contribution < -0.4 is 4.74 Å². The van der Waals surface area contributed by atoms with Crippen molar-refractivity contribution in [3.63, 3.8) is 0 Å².